The molecule has 24 heavy (non-hydrogen) atoms. The van der Waals surface area contributed by atoms with Gasteiger partial charge < -0.3 is 8.98 Å². The molecule has 5 rings (SSSR count). The van der Waals surface area contributed by atoms with Crippen LogP contribution in [-0.4, -0.2) is 4.57 Å². The van der Waals surface area contributed by atoms with Gasteiger partial charge in [0.05, 0.1) is 0 Å². The van der Waals surface area contributed by atoms with Crippen LogP contribution in [0.25, 0.3) is 43.7 Å². The van der Waals surface area contributed by atoms with Gasteiger partial charge in [-0.2, -0.15) is 0 Å². The van der Waals surface area contributed by atoms with Crippen LogP contribution in [0.4, 0.5) is 0 Å². The molecule has 2 nitrogen and oxygen atoms in total. The van der Waals surface area contributed by atoms with Crippen molar-refractivity contribution in [1.29, 1.82) is 0 Å². The van der Waals surface area contributed by atoms with Crippen molar-refractivity contribution in [3.05, 3.63) is 60.2 Å². The zero-order chi connectivity index (χ0) is 16.4. The van der Waals surface area contributed by atoms with Gasteiger partial charge >= 0.3 is 0 Å². The number of aromatic nitrogens is 1. The van der Waals surface area contributed by atoms with Crippen LogP contribution in [0.15, 0.2) is 59.0 Å². The summed E-state index contributed by atoms with van der Waals surface area (Å²) in [6.07, 6.45) is 0. The van der Waals surface area contributed by atoms with Crippen molar-refractivity contribution in [1.82, 2.24) is 4.57 Å². The molecule has 0 aliphatic rings. The number of aryl methyl sites for hydroxylation is 1. The first kappa shape index (κ1) is 13.7. The van der Waals surface area contributed by atoms with Crippen LogP contribution in [-0.2, 0) is 7.05 Å². The first-order chi connectivity index (χ1) is 11.6. The molecule has 0 saturated heterocycles. The Morgan fingerprint density at radius 2 is 1.62 bits per heavy atom. The van der Waals surface area contributed by atoms with E-state index in [4.69, 9.17) is 4.42 Å². The first-order valence-corrected chi connectivity index (χ1v) is 8.47. The molecule has 0 bridgehead atoms. The maximum absolute atomic E-state index is 6.07. The fourth-order valence-electron chi connectivity index (χ4n) is 3.88. The smallest absolute Gasteiger partial charge is 0.136 e. The van der Waals surface area contributed by atoms with E-state index in [1.54, 1.807) is 0 Å². The number of hydrogen-bond donors (Lipinski definition) is 0. The summed E-state index contributed by atoms with van der Waals surface area (Å²) in [4.78, 5) is 0. The highest BCUT2D eigenvalue weighted by atomic mass is 16.3. The molecule has 0 spiro atoms. The average Bonchev–Trinajstić information content (AvgIpc) is 3.10. The van der Waals surface area contributed by atoms with Gasteiger partial charge in [-0.15, -0.1) is 0 Å². The Morgan fingerprint density at radius 3 is 2.46 bits per heavy atom. The van der Waals surface area contributed by atoms with Crippen LogP contribution in [0.3, 0.4) is 0 Å². The number of benzene rings is 3. The molecule has 0 unspecified atom stereocenters. The number of rotatable bonds is 1. The predicted molar refractivity (Wildman–Crippen MR) is 102 cm³/mol. The van der Waals surface area contributed by atoms with Crippen LogP contribution >= 0.6 is 0 Å². The Kier molecular flexibility index (Phi) is 2.64. The van der Waals surface area contributed by atoms with Crippen molar-refractivity contribution in [2.24, 2.45) is 7.05 Å². The van der Waals surface area contributed by atoms with E-state index in [0.29, 0.717) is 5.92 Å². The SMILES string of the molecule is CC(C)c1ccc2c3c4c(ccc3n(C)c2c1)oc1ccccc14. The minimum absolute atomic E-state index is 0.530. The standard InChI is InChI=1S/C22H19NO/c1-13(2)14-8-9-15-18(12-14)23(3)17-10-11-20-22(21(15)17)16-6-4-5-7-19(16)24-20/h4-13H,1-3H3. The summed E-state index contributed by atoms with van der Waals surface area (Å²) in [5.41, 5.74) is 5.83. The Hall–Kier alpha value is -2.74. The molecule has 0 fully saturated rings. The highest BCUT2D eigenvalue weighted by Gasteiger charge is 2.16. The Balaban J connectivity index is 2.05. The zero-order valence-electron chi connectivity index (χ0n) is 14.1. The molecule has 2 heteroatoms. The average molecular weight is 313 g/mol. The van der Waals surface area contributed by atoms with Crippen molar-refractivity contribution in [3.8, 4) is 0 Å². The third-order valence-electron chi connectivity index (χ3n) is 5.20. The Labute approximate surface area is 140 Å². The predicted octanol–water partition coefficient (Wildman–Crippen LogP) is 6.35. The van der Waals surface area contributed by atoms with Gasteiger partial charge in [0.1, 0.15) is 11.2 Å². The van der Waals surface area contributed by atoms with Gasteiger partial charge in [-0.3, -0.25) is 0 Å². The minimum atomic E-state index is 0.530. The van der Waals surface area contributed by atoms with Crippen LogP contribution in [0.2, 0.25) is 0 Å². The summed E-state index contributed by atoms with van der Waals surface area (Å²) >= 11 is 0. The summed E-state index contributed by atoms with van der Waals surface area (Å²) in [6.45, 7) is 4.48. The van der Waals surface area contributed by atoms with E-state index in [1.165, 1.54) is 38.1 Å². The monoisotopic (exact) mass is 313 g/mol. The van der Waals surface area contributed by atoms with Crippen LogP contribution in [0.1, 0.15) is 25.3 Å². The van der Waals surface area contributed by atoms with E-state index in [2.05, 4.69) is 67.9 Å². The number of hydrogen-bond acceptors (Lipinski definition) is 1. The molecule has 0 saturated carbocycles. The van der Waals surface area contributed by atoms with Gasteiger partial charge in [-0.25, -0.2) is 0 Å². The lowest BCUT2D eigenvalue weighted by Crippen LogP contribution is -1.90. The van der Waals surface area contributed by atoms with Crippen molar-refractivity contribution >= 4 is 43.7 Å². The molecule has 3 aromatic carbocycles. The molecular formula is C22H19NO. The fourth-order valence-corrected chi connectivity index (χ4v) is 3.88. The molecule has 0 N–H and O–H groups in total. The molecule has 118 valence electrons. The van der Waals surface area contributed by atoms with Crippen LogP contribution in [0.5, 0.6) is 0 Å². The van der Waals surface area contributed by atoms with E-state index < -0.39 is 0 Å². The lowest BCUT2D eigenvalue weighted by atomic mass is 10.00. The molecular weight excluding hydrogens is 294 g/mol. The topological polar surface area (TPSA) is 18.1 Å². The number of furan rings is 1. The van der Waals surface area contributed by atoms with Gasteiger partial charge in [0, 0.05) is 39.6 Å². The van der Waals surface area contributed by atoms with Gasteiger partial charge in [0.25, 0.3) is 0 Å². The number of nitrogens with zero attached hydrogens (tertiary/aromatic N) is 1. The molecule has 0 amide bonds. The molecule has 2 heterocycles. The third-order valence-corrected chi connectivity index (χ3v) is 5.20. The largest absolute Gasteiger partial charge is 0.456 e. The normalized spacial score (nSPS) is 12.3. The second-order valence-electron chi connectivity index (χ2n) is 6.92. The Morgan fingerprint density at radius 1 is 0.792 bits per heavy atom. The van der Waals surface area contributed by atoms with E-state index >= 15 is 0 Å². The quantitative estimate of drug-likeness (QED) is 0.352. The summed E-state index contributed by atoms with van der Waals surface area (Å²) < 4.78 is 8.37. The second kappa shape index (κ2) is 4.64. The first-order valence-electron chi connectivity index (χ1n) is 8.47. The summed E-state index contributed by atoms with van der Waals surface area (Å²) in [7, 11) is 2.16. The molecule has 5 aromatic rings. The van der Waals surface area contributed by atoms with E-state index in [-0.39, 0.29) is 0 Å². The minimum Gasteiger partial charge on any atom is -0.456 e. The molecule has 0 aliphatic carbocycles. The Bertz CT molecular complexity index is 1240. The zero-order valence-corrected chi connectivity index (χ0v) is 14.1. The summed E-state index contributed by atoms with van der Waals surface area (Å²) in [5, 5.41) is 5.02. The van der Waals surface area contributed by atoms with Gasteiger partial charge in [-0.1, -0.05) is 44.2 Å². The van der Waals surface area contributed by atoms with Crippen molar-refractivity contribution in [2.45, 2.75) is 19.8 Å². The van der Waals surface area contributed by atoms with E-state index in [9.17, 15) is 0 Å². The van der Waals surface area contributed by atoms with Crippen LogP contribution in [0, 0.1) is 0 Å². The van der Waals surface area contributed by atoms with E-state index in [1.807, 2.05) is 12.1 Å². The van der Waals surface area contributed by atoms with Gasteiger partial charge in [0.2, 0.25) is 0 Å². The molecule has 0 aliphatic heterocycles. The lowest BCUT2D eigenvalue weighted by Gasteiger charge is -2.06. The van der Waals surface area contributed by atoms with Crippen molar-refractivity contribution in [3.63, 3.8) is 0 Å². The van der Waals surface area contributed by atoms with Crippen molar-refractivity contribution in [2.75, 3.05) is 0 Å². The van der Waals surface area contributed by atoms with Crippen molar-refractivity contribution < 1.29 is 4.42 Å². The second-order valence-corrected chi connectivity index (χ2v) is 6.92. The van der Waals surface area contributed by atoms with E-state index in [0.717, 1.165) is 11.2 Å². The summed E-state index contributed by atoms with van der Waals surface area (Å²) in [6, 6.07) is 19.4. The highest BCUT2D eigenvalue weighted by Crippen LogP contribution is 2.39. The van der Waals surface area contributed by atoms with Crippen LogP contribution < -0.4 is 0 Å². The van der Waals surface area contributed by atoms with Gasteiger partial charge in [-0.05, 0) is 35.7 Å². The highest BCUT2D eigenvalue weighted by molar-refractivity contribution is 6.26. The lowest BCUT2D eigenvalue weighted by molar-refractivity contribution is 0.669. The maximum Gasteiger partial charge on any atom is 0.136 e. The maximum atomic E-state index is 6.07. The number of para-hydroxylation sites is 1. The van der Waals surface area contributed by atoms with Gasteiger partial charge in [0.15, 0.2) is 0 Å². The molecule has 0 radical (unpaired) electrons. The fraction of sp³-hybridized carbons (Fsp3) is 0.182. The molecule has 2 aromatic heterocycles. The number of fused-ring (bicyclic) bond motifs is 7. The molecule has 0 atom stereocenters. The summed E-state index contributed by atoms with van der Waals surface area (Å²) in [5.74, 6) is 0.530. The third kappa shape index (κ3) is 1.66.